The summed E-state index contributed by atoms with van der Waals surface area (Å²) >= 11 is 0. The summed E-state index contributed by atoms with van der Waals surface area (Å²) in [5.41, 5.74) is 0.940. The standard InChI is InChI=1S/C19H26NO4P/c1-6-23-25(22,24-7-2)16-13-15(14-11-9-8-10-12-14)17(20-16)18(21)19(3,4)5/h8-13,15H,6-7H2,1-5H3. The van der Waals surface area contributed by atoms with Gasteiger partial charge < -0.3 is 9.05 Å². The third-order valence-corrected chi connectivity index (χ3v) is 5.80. The Morgan fingerprint density at radius 3 is 2.16 bits per heavy atom. The van der Waals surface area contributed by atoms with Crippen molar-refractivity contribution in [3.05, 3.63) is 47.4 Å². The second kappa shape index (κ2) is 7.77. The zero-order valence-electron chi connectivity index (χ0n) is 15.5. The molecule has 0 saturated carbocycles. The SMILES string of the molecule is CCOP(=O)(OCC)C1=CC(c2ccccc2)C(C(=O)C(C)(C)C)=N1. The van der Waals surface area contributed by atoms with Crippen LogP contribution in [-0.2, 0) is 18.4 Å². The first kappa shape index (κ1) is 19.8. The molecule has 1 unspecified atom stereocenters. The lowest BCUT2D eigenvalue weighted by atomic mass is 9.82. The van der Waals surface area contributed by atoms with Crippen LogP contribution in [0.2, 0.25) is 0 Å². The van der Waals surface area contributed by atoms with Gasteiger partial charge in [0, 0.05) is 5.41 Å². The van der Waals surface area contributed by atoms with E-state index in [0.717, 1.165) is 5.56 Å². The van der Waals surface area contributed by atoms with Gasteiger partial charge in [0.15, 0.2) is 5.78 Å². The average molecular weight is 363 g/mol. The number of hydrogen-bond acceptors (Lipinski definition) is 5. The predicted molar refractivity (Wildman–Crippen MR) is 100 cm³/mol. The van der Waals surface area contributed by atoms with Gasteiger partial charge in [0.05, 0.1) is 24.8 Å². The van der Waals surface area contributed by atoms with Crippen LogP contribution in [-0.4, -0.2) is 24.7 Å². The minimum atomic E-state index is -3.53. The van der Waals surface area contributed by atoms with Crippen LogP contribution >= 0.6 is 7.60 Å². The van der Waals surface area contributed by atoms with Crippen molar-refractivity contribution >= 4 is 19.1 Å². The molecule has 0 fully saturated rings. The highest BCUT2D eigenvalue weighted by Crippen LogP contribution is 2.59. The monoisotopic (exact) mass is 363 g/mol. The van der Waals surface area contributed by atoms with Crippen molar-refractivity contribution in [3.8, 4) is 0 Å². The molecule has 0 radical (unpaired) electrons. The number of hydrogen-bond donors (Lipinski definition) is 0. The highest BCUT2D eigenvalue weighted by atomic mass is 31.2. The number of carbonyl (C=O) groups is 1. The second-order valence-corrected chi connectivity index (χ2v) is 8.79. The van der Waals surface area contributed by atoms with E-state index in [4.69, 9.17) is 9.05 Å². The fourth-order valence-electron chi connectivity index (χ4n) is 2.61. The molecule has 0 bridgehead atoms. The molecule has 0 amide bonds. The topological polar surface area (TPSA) is 65.0 Å². The molecule has 136 valence electrons. The summed E-state index contributed by atoms with van der Waals surface area (Å²) in [4.78, 5) is 17.3. The summed E-state index contributed by atoms with van der Waals surface area (Å²) in [6.07, 6.45) is 1.74. The van der Waals surface area contributed by atoms with Crippen molar-refractivity contribution in [1.29, 1.82) is 0 Å². The van der Waals surface area contributed by atoms with Gasteiger partial charge in [0.2, 0.25) is 0 Å². The van der Waals surface area contributed by atoms with E-state index >= 15 is 0 Å². The number of allylic oxidation sites excluding steroid dienone is 1. The van der Waals surface area contributed by atoms with E-state index in [-0.39, 0.29) is 30.4 Å². The second-order valence-electron chi connectivity index (χ2n) is 6.82. The number of rotatable bonds is 7. The van der Waals surface area contributed by atoms with E-state index in [2.05, 4.69) is 4.99 Å². The molecular formula is C19H26NO4P. The molecular weight excluding hydrogens is 337 g/mol. The quantitative estimate of drug-likeness (QED) is 0.643. The molecule has 0 saturated heterocycles. The van der Waals surface area contributed by atoms with Crippen LogP contribution in [0.15, 0.2) is 46.8 Å². The summed E-state index contributed by atoms with van der Waals surface area (Å²) in [6, 6.07) is 9.59. The molecule has 0 aromatic heterocycles. The number of ketones is 1. The van der Waals surface area contributed by atoms with Gasteiger partial charge in [-0.05, 0) is 25.5 Å². The average Bonchev–Trinajstić information content (AvgIpc) is 3.00. The Kier molecular flexibility index (Phi) is 6.15. The summed E-state index contributed by atoms with van der Waals surface area (Å²) in [6.45, 7) is 9.53. The number of Topliss-reactive ketones (excluding diaryl/α,β-unsaturated/α-hetero) is 1. The van der Waals surface area contributed by atoms with Gasteiger partial charge in [-0.3, -0.25) is 9.36 Å². The van der Waals surface area contributed by atoms with E-state index in [1.807, 2.05) is 51.1 Å². The van der Waals surface area contributed by atoms with Crippen LogP contribution in [0.3, 0.4) is 0 Å². The predicted octanol–water partition coefficient (Wildman–Crippen LogP) is 4.95. The van der Waals surface area contributed by atoms with Gasteiger partial charge in [-0.15, -0.1) is 0 Å². The van der Waals surface area contributed by atoms with Crippen LogP contribution in [0.25, 0.3) is 0 Å². The molecule has 6 heteroatoms. The summed E-state index contributed by atoms with van der Waals surface area (Å²) in [5.74, 6) is -0.427. The Morgan fingerprint density at radius 2 is 1.68 bits per heavy atom. The maximum Gasteiger partial charge on any atom is 0.379 e. The van der Waals surface area contributed by atoms with Crippen LogP contribution in [0, 0.1) is 5.41 Å². The highest BCUT2D eigenvalue weighted by Gasteiger charge is 2.40. The first-order valence-electron chi connectivity index (χ1n) is 8.52. The van der Waals surface area contributed by atoms with E-state index in [9.17, 15) is 9.36 Å². The van der Waals surface area contributed by atoms with E-state index < -0.39 is 13.0 Å². The zero-order valence-corrected chi connectivity index (χ0v) is 16.4. The van der Waals surface area contributed by atoms with Crippen molar-refractivity contribution < 1.29 is 18.4 Å². The van der Waals surface area contributed by atoms with Crippen LogP contribution < -0.4 is 0 Å². The smallest absolute Gasteiger partial charge is 0.304 e. The Bertz CT molecular complexity index is 722. The fraction of sp³-hybridized carbons (Fsp3) is 0.474. The van der Waals surface area contributed by atoms with Crippen molar-refractivity contribution in [3.63, 3.8) is 0 Å². The third-order valence-electron chi connectivity index (χ3n) is 3.80. The Balaban J connectivity index is 2.52. The number of nitrogens with zero attached hydrogens (tertiary/aromatic N) is 1. The lowest BCUT2D eigenvalue weighted by Gasteiger charge is -2.20. The van der Waals surface area contributed by atoms with Crippen molar-refractivity contribution in [2.75, 3.05) is 13.2 Å². The molecule has 0 spiro atoms. The van der Waals surface area contributed by atoms with Crippen LogP contribution in [0.4, 0.5) is 0 Å². The summed E-state index contributed by atoms with van der Waals surface area (Å²) < 4.78 is 23.9. The van der Waals surface area contributed by atoms with Gasteiger partial charge in [-0.1, -0.05) is 51.1 Å². The number of benzene rings is 1. The maximum absolute atomic E-state index is 13.1. The maximum atomic E-state index is 13.1. The minimum absolute atomic E-state index is 0.0767. The Morgan fingerprint density at radius 1 is 1.12 bits per heavy atom. The molecule has 0 aliphatic carbocycles. The van der Waals surface area contributed by atoms with E-state index in [0.29, 0.717) is 5.71 Å². The van der Waals surface area contributed by atoms with Gasteiger partial charge in [0.25, 0.3) is 0 Å². The van der Waals surface area contributed by atoms with Gasteiger partial charge >= 0.3 is 7.60 Å². The molecule has 1 aromatic rings. The lowest BCUT2D eigenvalue weighted by molar-refractivity contribution is -0.119. The molecule has 5 nitrogen and oxygen atoms in total. The van der Waals surface area contributed by atoms with E-state index in [1.165, 1.54) is 0 Å². The third kappa shape index (κ3) is 4.35. The molecule has 1 aliphatic rings. The van der Waals surface area contributed by atoms with Gasteiger partial charge in [-0.25, -0.2) is 4.99 Å². The first-order valence-corrected chi connectivity index (χ1v) is 10.1. The zero-order chi connectivity index (χ0) is 18.7. The van der Waals surface area contributed by atoms with Crippen LogP contribution in [0.5, 0.6) is 0 Å². The number of aliphatic imine (C=N–C) groups is 1. The molecule has 25 heavy (non-hydrogen) atoms. The summed E-state index contributed by atoms with van der Waals surface area (Å²) in [7, 11) is -3.53. The molecule has 1 aliphatic heterocycles. The molecule has 2 rings (SSSR count). The minimum Gasteiger partial charge on any atom is -0.304 e. The Hall–Kier alpha value is -1.55. The largest absolute Gasteiger partial charge is 0.379 e. The summed E-state index contributed by atoms with van der Waals surface area (Å²) in [5, 5.41) is 0. The number of carbonyl (C=O) groups excluding carboxylic acids is 1. The van der Waals surface area contributed by atoms with Crippen LogP contribution in [0.1, 0.15) is 46.1 Å². The molecule has 1 atom stereocenters. The van der Waals surface area contributed by atoms with Crippen molar-refractivity contribution in [2.24, 2.45) is 10.4 Å². The van der Waals surface area contributed by atoms with Crippen molar-refractivity contribution in [1.82, 2.24) is 0 Å². The van der Waals surface area contributed by atoms with E-state index in [1.54, 1.807) is 19.9 Å². The lowest BCUT2D eigenvalue weighted by Crippen LogP contribution is -2.31. The fourth-order valence-corrected chi connectivity index (χ4v) is 4.19. The highest BCUT2D eigenvalue weighted by molar-refractivity contribution is 7.58. The Labute approximate surface area is 149 Å². The molecule has 0 N–H and O–H groups in total. The first-order chi connectivity index (χ1) is 11.7. The molecule has 1 heterocycles. The van der Waals surface area contributed by atoms with Gasteiger partial charge in [0.1, 0.15) is 5.44 Å². The van der Waals surface area contributed by atoms with Crippen molar-refractivity contribution in [2.45, 2.75) is 40.5 Å². The normalized spacial score (nSPS) is 18.0. The van der Waals surface area contributed by atoms with Gasteiger partial charge in [-0.2, -0.15) is 0 Å². The molecule has 1 aromatic carbocycles.